The number of fused-ring (bicyclic) bond motifs is 1. The van der Waals surface area contributed by atoms with Gasteiger partial charge in [0.05, 0.1) is 5.56 Å². The third kappa shape index (κ3) is 3.05. The third-order valence-corrected chi connectivity index (χ3v) is 4.04. The number of ketones is 2. The molecular weight excluding hydrogens is 266 g/mol. The first-order valence-corrected chi connectivity index (χ1v) is 7.50. The maximum absolute atomic E-state index is 12.0. The van der Waals surface area contributed by atoms with Crippen LogP contribution >= 0.6 is 0 Å². The van der Waals surface area contributed by atoms with Crippen molar-refractivity contribution in [2.24, 2.45) is 0 Å². The van der Waals surface area contributed by atoms with Crippen LogP contribution in [-0.4, -0.2) is 42.7 Å². The second-order valence-corrected chi connectivity index (χ2v) is 5.50. The Labute approximate surface area is 124 Å². The minimum atomic E-state index is -0.477. The number of carbonyl (C=O) groups excluding carboxylic acids is 2. The molecular formula is C17H19NO3. The first kappa shape index (κ1) is 14.0. The average molecular weight is 285 g/mol. The Morgan fingerprint density at radius 3 is 2.67 bits per heavy atom. The summed E-state index contributed by atoms with van der Waals surface area (Å²) in [5.74, 6) is -0.428. The molecule has 1 fully saturated rings. The van der Waals surface area contributed by atoms with Crippen LogP contribution in [0.25, 0.3) is 6.08 Å². The Hall–Kier alpha value is -1.94. The van der Waals surface area contributed by atoms with Crippen molar-refractivity contribution in [1.29, 1.82) is 0 Å². The van der Waals surface area contributed by atoms with E-state index in [2.05, 4.69) is 4.90 Å². The van der Waals surface area contributed by atoms with Crippen LogP contribution in [0.3, 0.4) is 0 Å². The Kier molecular flexibility index (Phi) is 4.15. The van der Waals surface area contributed by atoms with E-state index in [1.807, 2.05) is 12.1 Å². The van der Waals surface area contributed by atoms with Crippen LogP contribution in [0.15, 0.2) is 24.3 Å². The first-order valence-electron chi connectivity index (χ1n) is 7.50. The minimum absolute atomic E-state index is 0.406. The fourth-order valence-corrected chi connectivity index (χ4v) is 2.88. The summed E-state index contributed by atoms with van der Waals surface area (Å²) in [6.45, 7) is 3.65. The average Bonchev–Trinajstić information content (AvgIpc) is 2.52. The molecule has 0 bridgehead atoms. The van der Waals surface area contributed by atoms with Crippen molar-refractivity contribution in [3.05, 3.63) is 35.4 Å². The van der Waals surface area contributed by atoms with Gasteiger partial charge in [-0.2, -0.15) is 0 Å². The summed E-state index contributed by atoms with van der Waals surface area (Å²) in [5.41, 5.74) is 1.17. The maximum atomic E-state index is 12.0. The standard InChI is InChI=1S/C17H19NO3/c19-14-8-7-13-5-4-6-15(16(13)17(14)20)21-12-11-18-9-2-1-3-10-18/h4-8H,1-3,9-12H2. The molecule has 3 rings (SSSR count). The predicted octanol–water partition coefficient (Wildman–Crippen LogP) is 2.33. The largest absolute Gasteiger partial charge is 0.491 e. The summed E-state index contributed by atoms with van der Waals surface area (Å²) in [6, 6.07) is 5.44. The molecule has 2 aliphatic rings. The van der Waals surface area contributed by atoms with E-state index in [4.69, 9.17) is 4.74 Å². The number of ether oxygens (including phenoxy) is 1. The fourth-order valence-electron chi connectivity index (χ4n) is 2.88. The second kappa shape index (κ2) is 6.22. The molecule has 1 aliphatic heterocycles. The molecule has 0 N–H and O–H groups in total. The topological polar surface area (TPSA) is 46.6 Å². The van der Waals surface area contributed by atoms with Gasteiger partial charge in [0.1, 0.15) is 12.4 Å². The fraction of sp³-hybridized carbons (Fsp3) is 0.412. The summed E-state index contributed by atoms with van der Waals surface area (Å²) in [6.07, 6.45) is 6.81. The Balaban J connectivity index is 1.67. The zero-order valence-corrected chi connectivity index (χ0v) is 12.0. The second-order valence-electron chi connectivity index (χ2n) is 5.50. The Bertz CT molecular complexity index is 586. The van der Waals surface area contributed by atoms with E-state index in [0.29, 0.717) is 17.9 Å². The van der Waals surface area contributed by atoms with E-state index in [-0.39, 0.29) is 0 Å². The lowest BCUT2D eigenvalue weighted by Gasteiger charge is -2.26. The number of hydrogen-bond donors (Lipinski definition) is 0. The number of nitrogens with zero attached hydrogens (tertiary/aromatic N) is 1. The summed E-state index contributed by atoms with van der Waals surface area (Å²) in [7, 11) is 0. The molecule has 1 aromatic rings. The van der Waals surface area contributed by atoms with E-state index < -0.39 is 11.6 Å². The van der Waals surface area contributed by atoms with Gasteiger partial charge >= 0.3 is 0 Å². The van der Waals surface area contributed by atoms with Gasteiger partial charge in [0.2, 0.25) is 11.6 Å². The monoisotopic (exact) mass is 285 g/mol. The van der Waals surface area contributed by atoms with Crippen molar-refractivity contribution in [3.8, 4) is 5.75 Å². The number of benzene rings is 1. The molecule has 1 saturated heterocycles. The van der Waals surface area contributed by atoms with Crippen LogP contribution in [0.1, 0.15) is 35.2 Å². The van der Waals surface area contributed by atoms with Crippen molar-refractivity contribution < 1.29 is 14.3 Å². The lowest BCUT2D eigenvalue weighted by molar-refractivity contribution is -0.110. The van der Waals surface area contributed by atoms with Gasteiger partial charge in [0, 0.05) is 6.54 Å². The highest BCUT2D eigenvalue weighted by Crippen LogP contribution is 2.27. The molecule has 0 spiro atoms. The van der Waals surface area contributed by atoms with E-state index in [9.17, 15) is 9.59 Å². The van der Waals surface area contributed by atoms with Gasteiger partial charge in [0.15, 0.2) is 0 Å². The SMILES string of the molecule is O=C1C=Cc2cccc(OCCN3CCCCC3)c2C1=O. The van der Waals surface area contributed by atoms with Crippen LogP contribution in [-0.2, 0) is 4.79 Å². The van der Waals surface area contributed by atoms with Gasteiger partial charge in [0.25, 0.3) is 0 Å². The van der Waals surface area contributed by atoms with Crippen molar-refractivity contribution in [3.63, 3.8) is 0 Å². The first-order chi connectivity index (χ1) is 10.3. The molecule has 4 heteroatoms. The number of rotatable bonds is 4. The quantitative estimate of drug-likeness (QED) is 0.797. The molecule has 0 unspecified atom stereocenters. The van der Waals surface area contributed by atoms with Crippen molar-refractivity contribution in [1.82, 2.24) is 4.90 Å². The molecule has 0 amide bonds. The zero-order valence-electron chi connectivity index (χ0n) is 12.0. The summed E-state index contributed by atoms with van der Waals surface area (Å²) in [4.78, 5) is 25.9. The number of piperidine rings is 1. The van der Waals surface area contributed by atoms with Crippen molar-refractivity contribution in [2.45, 2.75) is 19.3 Å². The van der Waals surface area contributed by atoms with Crippen LogP contribution in [0.5, 0.6) is 5.75 Å². The number of Topliss-reactive ketones (excluding diaryl/α,β-unsaturated/α-hetero) is 1. The van der Waals surface area contributed by atoms with Gasteiger partial charge in [-0.25, -0.2) is 0 Å². The smallest absolute Gasteiger partial charge is 0.237 e. The van der Waals surface area contributed by atoms with Crippen molar-refractivity contribution >= 4 is 17.6 Å². The normalized spacial score (nSPS) is 18.7. The molecule has 110 valence electrons. The molecule has 0 radical (unpaired) electrons. The number of carbonyl (C=O) groups is 2. The predicted molar refractivity (Wildman–Crippen MR) is 80.6 cm³/mol. The van der Waals surface area contributed by atoms with E-state index in [0.717, 1.165) is 25.2 Å². The molecule has 1 aliphatic carbocycles. The number of allylic oxidation sites excluding steroid dienone is 1. The molecule has 21 heavy (non-hydrogen) atoms. The lowest BCUT2D eigenvalue weighted by Crippen LogP contribution is -2.33. The van der Waals surface area contributed by atoms with Gasteiger partial charge in [-0.05, 0) is 43.6 Å². The Morgan fingerprint density at radius 2 is 1.86 bits per heavy atom. The number of hydrogen-bond acceptors (Lipinski definition) is 4. The van der Waals surface area contributed by atoms with E-state index >= 15 is 0 Å². The zero-order chi connectivity index (χ0) is 14.7. The van der Waals surface area contributed by atoms with Crippen LogP contribution < -0.4 is 4.74 Å². The lowest BCUT2D eigenvalue weighted by atomic mass is 9.94. The number of likely N-dealkylation sites (tertiary alicyclic amines) is 1. The molecule has 0 aromatic heterocycles. The van der Waals surface area contributed by atoms with Gasteiger partial charge < -0.3 is 4.74 Å². The summed E-state index contributed by atoms with van der Waals surface area (Å²) < 4.78 is 5.78. The van der Waals surface area contributed by atoms with Crippen molar-refractivity contribution in [2.75, 3.05) is 26.2 Å². The van der Waals surface area contributed by atoms with Gasteiger partial charge in [-0.1, -0.05) is 24.6 Å². The molecule has 0 atom stereocenters. The minimum Gasteiger partial charge on any atom is -0.491 e. The van der Waals surface area contributed by atoms with E-state index in [1.165, 1.54) is 25.3 Å². The van der Waals surface area contributed by atoms with Gasteiger partial charge in [-0.15, -0.1) is 0 Å². The van der Waals surface area contributed by atoms with Gasteiger partial charge in [-0.3, -0.25) is 14.5 Å². The van der Waals surface area contributed by atoms with Crippen LogP contribution in [0.4, 0.5) is 0 Å². The molecule has 1 aromatic carbocycles. The third-order valence-electron chi connectivity index (χ3n) is 4.04. The highest BCUT2D eigenvalue weighted by atomic mass is 16.5. The molecule has 4 nitrogen and oxygen atoms in total. The van der Waals surface area contributed by atoms with E-state index in [1.54, 1.807) is 12.1 Å². The van der Waals surface area contributed by atoms with Crippen LogP contribution in [0.2, 0.25) is 0 Å². The Morgan fingerprint density at radius 1 is 1.05 bits per heavy atom. The maximum Gasteiger partial charge on any atom is 0.237 e. The summed E-state index contributed by atoms with van der Waals surface area (Å²) in [5, 5.41) is 0. The molecule has 1 heterocycles. The molecule has 0 saturated carbocycles. The highest BCUT2D eigenvalue weighted by molar-refractivity contribution is 6.50. The van der Waals surface area contributed by atoms with Crippen LogP contribution in [0, 0.1) is 0 Å². The summed E-state index contributed by atoms with van der Waals surface area (Å²) >= 11 is 0. The highest BCUT2D eigenvalue weighted by Gasteiger charge is 2.24.